The summed E-state index contributed by atoms with van der Waals surface area (Å²) in [6.45, 7) is 4.12. The van der Waals surface area contributed by atoms with E-state index in [9.17, 15) is 4.79 Å². The van der Waals surface area contributed by atoms with Crippen molar-refractivity contribution in [1.29, 1.82) is 0 Å². The van der Waals surface area contributed by atoms with Crippen molar-refractivity contribution in [3.8, 4) is 0 Å². The van der Waals surface area contributed by atoms with Gasteiger partial charge >= 0.3 is 0 Å². The second-order valence-corrected chi connectivity index (χ2v) is 9.99. The number of hydrazine groups is 1. The van der Waals surface area contributed by atoms with E-state index in [1.54, 1.807) is 29.6 Å². The van der Waals surface area contributed by atoms with Crippen LogP contribution in [0.4, 0.5) is 17.2 Å². The van der Waals surface area contributed by atoms with Gasteiger partial charge in [0.1, 0.15) is 17.0 Å². The number of amides is 1. The number of nitrogens with one attached hydrogen (secondary N) is 3. The third kappa shape index (κ3) is 3.40. The number of aromatic nitrogens is 2. The number of nitrogens with zero attached hydrogens (tertiary/aromatic N) is 3. The van der Waals surface area contributed by atoms with Crippen molar-refractivity contribution in [3.05, 3.63) is 35.0 Å². The Bertz CT molecular complexity index is 1130. The molecule has 1 aliphatic heterocycles. The van der Waals surface area contributed by atoms with E-state index in [0.29, 0.717) is 0 Å². The molecule has 1 aliphatic carbocycles. The smallest absolute Gasteiger partial charge is 0.226 e. The minimum Gasteiger partial charge on any atom is -0.343 e. The van der Waals surface area contributed by atoms with Crippen molar-refractivity contribution < 1.29 is 4.79 Å². The number of hydrogen-bond acceptors (Lipinski definition) is 8. The number of hydrogen-bond donors (Lipinski definition) is 3. The molecular formula is C21H24N6OS2. The second-order valence-electron chi connectivity index (χ2n) is 8.05. The monoisotopic (exact) mass is 440 g/mol. The molecule has 2 aliphatic rings. The molecule has 2 aromatic heterocycles. The fourth-order valence-corrected chi connectivity index (χ4v) is 5.97. The van der Waals surface area contributed by atoms with E-state index in [0.717, 1.165) is 51.6 Å². The molecule has 0 fully saturated rings. The first-order chi connectivity index (χ1) is 14.5. The van der Waals surface area contributed by atoms with Gasteiger partial charge in [-0.25, -0.2) is 9.97 Å². The maximum atomic E-state index is 12.8. The molecule has 9 heteroatoms. The van der Waals surface area contributed by atoms with Crippen LogP contribution in [0.1, 0.15) is 30.7 Å². The summed E-state index contributed by atoms with van der Waals surface area (Å²) < 4.78 is 0. The lowest BCUT2D eigenvalue weighted by molar-refractivity contribution is -0.136. The third-order valence-electron chi connectivity index (χ3n) is 5.91. The number of carbonyl (C=O) groups is 1. The van der Waals surface area contributed by atoms with Gasteiger partial charge in [0.25, 0.3) is 0 Å². The number of fused-ring (bicyclic) bond motifs is 4. The Labute approximate surface area is 183 Å². The van der Waals surface area contributed by atoms with E-state index >= 15 is 0 Å². The van der Waals surface area contributed by atoms with E-state index < -0.39 is 0 Å². The molecule has 3 heterocycles. The molecule has 0 saturated heterocycles. The number of carbonyl (C=O) groups excluding carboxylic acids is 1. The summed E-state index contributed by atoms with van der Waals surface area (Å²) >= 11 is 3.26. The molecule has 0 radical (unpaired) electrons. The van der Waals surface area contributed by atoms with Crippen molar-refractivity contribution in [2.75, 3.05) is 17.8 Å². The highest BCUT2D eigenvalue weighted by Gasteiger charge is 2.31. The lowest BCUT2D eigenvalue weighted by atomic mass is 9.86. The fourth-order valence-electron chi connectivity index (χ4n) is 4.02. The van der Waals surface area contributed by atoms with Crippen LogP contribution in [0.5, 0.6) is 0 Å². The maximum absolute atomic E-state index is 12.8. The van der Waals surface area contributed by atoms with E-state index in [1.807, 2.05) is 24.1 Å². The summed E-state index contributed by atoms with van der Waals surface area (Å²) in [7, 11) is 1.90. The Morgan fingerprint density at radius 3 is 3.03 bits per heavy atom. The van der Waals surface area contributed by atoms with Crippen LogP contribution >= 0.6 is 23.3 Å². The Hall–Kier alpha value is -2.36. The Morgan fingerprint density at radius 2 is 2.20 bits per heavy atom. The molecule has 7 nitrogen and oxygen atoms in total. The van der Waals surface area contributed by atoms with Gasteiger partial charge in [-0.3, -0.25) is 4.79 Å². The van der Waals surface area contributed by atoms with Gasteiger partial charge in [0.15, 0.2) is 0 Å². The molecule has 0 bridgehead atoms. The van der Waals surface area contributed by atoms with Crippen LogP contribution in [0.3, 0.4) is 0 Å². The van der Waals surface area contributed by atoms with Crippen LogP contribution in [-0.2, 0) is 17.6 Å². The minimum absolute atomic E-state index is 0.0519. The summed E-state index contributed by atoms with van der Waals surface area (Å²) in [6, 6.07) is 6.42. The second kappa shape index (κ2) is 7.72. The Kier molecular flexibility index (Phi) is 5.04. The summed E-state index contributed by atoms with van der Waals surface area (Å²) in [4.78, 5) is 30.3. The first kappa shape index (κ1) is 19.6. The molecule has 5 rings (SSSR count). The molecular weight excluding hydrogens is 416 g/mol. The molecule has 0 spiro atoms. The van der Waals surface area contributed by atoms with E-state index in [2.05, 4.69) is 45.5 Å². The zero-order chi connectivity index (χ0) is 20.8. The van der Waals surface area contributed by atoms with Gasteiger partial charge in [0.2, 0.25) is 5.91 Å². The van der Waals surface area contributed by atoms with Crippen molar-refractivity contribution >= 4 is 56.6 Å². The largest absolute Gasteiger partial charge is 0.343 e. The Morgan fingerprint density at radius 1 is 1.33 bits per heavy atom. The van der Waals surface area contributed by atoms with Crippen molar-refractivity contribution in [2.45, 2.75) is 44.0 Å². The highest BCUT2D eigenvalue weighted by molar-refractivity contribution is 7.98. The first-order valence-corrected chi connectivity index (χ1v) is 11.8. The summed E-state index contributed by atoms with van der Waals surface area (Å²) in [5.74, 6) is 1.14. The van der Waals surface area contributed by atoms with Gasteiger partial charge in [-0.15, -0.1) is 11.3 Å². The quantitative estimate of drug-likeness (QED) is 0.521. The van der Waals surface area contributed by atoms with Crippen LogP contribution in [0.2, 0.25) is 0 Å². The molecule has 1 amide bonds. The van der Waals surface area contributed by atoms with Crippen LogP contribution in [0.15, 0.2) is 29.4 Å². The number of anilines is 3. The average molecular weight is 441 g/mol. The summed E-state index contributed by atoms with van der Waals surface area (Å²) in [6.07, 6.45) is 4.16. The molecule has 1 atom stereocenters. The van der Waals surface area contributed by atoms with Crippen molar-refractivity contribution in [2.24, 2.45) is 5.92 Å². The fraction of sp³-hybridized carbons (Fsp3) is 0.381. The molecule has 3 N–H and O–H groups in total. The van der Waals surface area contributed by atoms with Crippen LogP contribution in [-0.4, -0.2) is 33.9 Å². The van der Waals surface area contributed by atoms with E-state index in [-0.39, 0.29) is 17.9 Å². The molecule has 0 saturated carbocycles. The molecule has 1 aromatic carbocycles. The normalized spacial score (nSPS) is 17.5. The first-order valence-electron chi connectivity index (χ1n) is 10.1. The van der Waals surface area contributed by atoms with Gasteiger partial charge in [-0.1, -0.05) is 0 Å². The van der Waals surface area contributed by atoms with E-state index in [4.69, 9.17) is 0 Å². The highest BCUT2D eigenvalue weighted by Crippen LogP contribution is 2.41. The van der Waals surface area contributed by atoms with Crippen LogP contribution in [0, 0.1) is 5.92 Å². The summed E-state index contributed by atoms with van der Waals surface area (Å²) in [5, 5.41) is 4.59. The third-order valence-corrected chi connectivity index (χ3v) is 7.83. The lowest BCUT2D eigenvalue weighted by Crippen LogP contribution is -2.39. The topological polar surface area (TPSA) is 82.2 Å². The SMILES string of the molecule is CC(C)N(C)C(=O)[C@H]1CCc2c(sc3ncnc(Nc4ccc5c(c4)SNN5)c23)C1. The average Bonchev–Trinajstić information content (AvgIpc) is 3.36. The van der Waals surface area contributed by atoms with Crippen LogP contribution < -0.4 is 15.6 Å². The zero-order valence-electron chi connectivity index (χ0n) is 17.2. The van der Waals surface area contributed by atoms with Crippen LogP contribution in [0.25, 0.3) is 10.2 Å². The minimum atomic E-state index is 0.0519. The number of benzene rings is 1. The van der Waals surface area contributed by atoms with Crippen molar-refractivity contribution in [3.63, 3.8) is 0 Å². The molecule has 30 heavy (non-hydrogen) atoms. The summed E-state index contributed by atoms with van der Waals surface area (Å²) in [5.41, 5.74) is 6.49. The zero-order valence-corrected chi connectivity index (χ0v) is 18.8. The number of rotatable bonds is 4. The maximum Gasteiger partial charge on any atom is 0.226 e. The van der Waals surface area contributed by atoms with Gasteiger partial charge < -0.3 is 15.6 Å². The predicted molar refractivity (Wildman–Crippen MR) is 123 cm³/mol. The lowest BCUT2D eigenvalue weighted by Gasteiger charge is -2.29. The molecule has 0 unspecified atom stereocenters. The van der Waals surface area contributed by atoms with E-state index in [1.165, 1.54) is 10.4 Å². The standard InChI is InChI=1S/C21H24N6OS2/c1-11(2)27(3)21(28)12-4-6-14-16(8-12)29-20-18(14)19(22-10-23-20)24-13-5-7-15-17(9-13)30-26-25-15/h5,7,9-12,25-26H,4,6,8H2,1-3H3,(H,22,23,24)/t12-/m0/s1. The van der Waals surface area contributed by atoms with Crippen molar-refractivity contribution in [1.82, 2.24) is 19.7 Å². The Balaban J connectivity index is 1.45. The van der Waals surface area contributed by atoms with Gasteiger partial charge in [-0.2, -0.15) is 4.83 Å². The number of thiophene rings is 1. The highest BCUT2D eigenvalue weighted by atomic mass is 32.2. The molecule has 3 aromatic rings. The molecule has 156 valence electrons. The van der Waals surface area contributed by atoms with Gasteiger partial charge in [0, 0.05) is 29.6 Å². The van der Waals surface area contributed by atoms with Gasteiger partial charge in [0.05, 0.1) is 16.0 Å². The predicted octanol–water partition coefficient (Wildman–Crippen LogP) is 4.34. The van der Waals surface area contributed by atoms with Gasteiger partial charge in [-0.05, 0) is 68.8 Å². The number of aryl methyl sites for hydroxylation is 1.